The van der Waals surface area contributed by atoms with Crippen LogP contribution in [0.2, 0.25) is 0 Å². The molecule has 1 unspecified atom stereocenters. The lowest BCUT2D eigenvalue weighted by Gasteiger charge is -2.47. The Bertz CT molecular complexity index is 2320. The van der Waals surface area contributed by atoms with Gasteiger partial charge in [-0.1, -0.05) is 42.5 Å². The number of hydrogen-bond donors (Lipinski definition) is 2. The van der Waals surface area contributed by atoms with Crippen molar-refractivity contribution in [2.75, 3.05) is 37.6 Å². The van der Waals surface area contributed by atoms with Crippen LogP contribution in [-0.2, 0) is 33.9 Å². The van der Waals surface area contributed by atoms with E-state index in [1.807, 2.05) is 11.0 Å². The lowest BCUT2D eigenvalue weighted by Crippen LogP contribution is -2.54. The van der Waals surface area contributed by atoms with E-state index in [2.05, 4.69) is 69.8 Å². The van der Waals surface area contributed by atoms with Crippen LogP contribution >= 0.6 is 0 Å². The van der Waals surface area contributed by atoms with Gasteiger partial charge in [-0.25, -0.2) is 4.98 Å². The van der Waals surface area contributed by atoms with E-state index >= 15 is 0 Å². The Labute approximate surface area is 343 Å². The monoisotopic (exact) mass is 792 g/mol. The molecule has 4 aromatic rings. The smallest absolute Gasteiger partial charge is 0.262 e. The van der Waals surface area contributed by atoms with E-state index in [0.717, 1.165) is 86.5 Å². The van der Waals surface area contributed by atoms with Gasteiger partial charge in [0, 0.05) is 57.8 Å². The molecule has 1 aromatic heterocycles. The molecule has 1 aliphatic carbocycles. The van der Waals surface area contributed by atoms with E-state index in [1.54, 1.807) is 18.2 Å². The number of imide groups is 2. The molecule has 5 aliphatic heterocycles. The first-order valence-electron chi connectivity index (χ1n) is 21.1. The Morgan fingerprint density at radius 3 is 2.12 bits per heavy atom. The van der Waals surface area contributed by atoms with Crippen LogP contribution in [0.1, 0.15) is 111 Å². The molecule has 10 rings (SSSR count). The minimum absolute atomic E-state index is 0.0787. The van der Waals surface area contributed by atoms with Crippen LogP contribution in [0, 0.1) is 5.41 Å². The summed E-state index contributed by atoms with van der Waals surface area (Å²) >= 11 is 0. The number of rotatable bonds is 6. The van der Waals surface area contributed by atoms with Gasteiger partial charge in [0.1, 0.15) is 17.6 Å². The molecule has 6 aliphatic rings. The predicted molar refractivity (Wildman–Crippen MR) is 219 cm³/mol. The maximum atomic E-state index is 13.6. The molecule has 59 heavy (non-hydrogen) atoms. The van der Waals surface area contributed by atoms with Crippen LogP contribution in [0.5, 0.6) is 5.75 Å². The first-order valence-corrected chi connectivity index (χ1v) is 21.1. The molecule has 6 heterocycles. The van der Waals surface area contributed by atoms with E-state index in [0.29, 0.717) is 24.8 Å². The highest BCUT2D eigenvalue weighted by Crippen LogP contribution is 2.47. The van der Waals surface area contributed by atoms with Gasteiger partial charge in [0.25, 0.3) is 11.8 Å². The number of nitrogens with one attached hydrogen (secondary N) is 1. The number of phenolic OH excluding ortho intramolecular Hbond substituents is 1. The summed E-state index contributed by atoms with van der Waals surface area (Å²) in [5.74, 6) is -0.126. The number of pyridine rings is 1. The second kappa shape index (κ2) is 14.7. The maximum Gasteiger partial charge on any atom is 0.262 e. The summed E-state index contributed by atoms with van der Waals surface area (Å²) in [6.07, 6.45) is 8.32. The standard InChI is InChI=1S/C47H48N6O6/c54-34-8-10-36-30(22-34)6-9-35(29-4-2-1-3-5-29)43(36)31-7-12-40(48-25-31)51-18-14-47(15-19-51)16-20-52(21-17-47)42(56)28-50-26-32-23-37-38(24-33(32)27-50)46(59)53(45(37)58)39-11-13-41(55)49-44(39)57/h1-5,7-8,10,12,22-25,35,39,43,54H,6,9,11,13-21,26-28H2,(H,49,55,57)/t35-,39?,43+/m1/s1. The Hall–Kier alpha value is -5.88. The van der Waals surface area contributed by atoms with Gasteiger partial charge in [0.2, 0.25) is 17.7 Å². The van der Waals surface area contributed by atoms with Gasteiger partial charge in [0.05, 0.1) is 17.7 Å². The number of benzene rings is 3. The fourth-order valence-electron chi connectivity index (χ4n) is 10.8. The molecule has 302 valence electrons. The number of carbonyl (C=O) groups is 5. The Morgan fingerprint density at radius 1 is 0.763 bits per heavy atom. The molecule has 0 bridgehead atoms. The van der Waals surface area contributed by atoms with Crippen molar-refractivity contribution < 1.29 is 29.1 Å². The van der Waals surface area contributed by atoms with Crippen molar-refractivity contribution >= 4 is 35.4 Å². The number of carbonyl (C=O) groups excluding carboxylic acids is 5. The molecule has 3 saturated heterocycles. The van der Waals surface area contributed by atoms with Gasteiger partial charge in [-0.3, -0.25) is 39.1 Å². The Morgan fingerprint density at radius 2 is 1.46 bits per heavy atom. The summed E-state index contributed by atoms with van der Waals surface area (Å²) in [5, 5.41) is 12.5. The molecule has 12 nitrogen and oxygen atoms in total. The van der Waals surface area contributed by atoms with Gasteiger partial charge in [-0.2, -0.15) is 0 Å². The fourth-order valence-corrected chi connectivity index (χ4v) is 10.8. The fraction of sp³-hybridized carbons (Fsp3) is 0.404. The van der Waals surface area contributed by atoms with Gasteiger partial charge in [-0.15, -0.1) is 0 Å². The maximum absolute atomic E-state index is 13.6. The van der Waals surface area contributed by atoms with Gasteiger partial charge >= 0.3 is 0 Å². The third-order valence-corrected chi connectivity index (χ3v) is 14.2. The molecular formula is C47H48N6O6. The average Bonchev–Trinajstić information content (AvgIpc) is 3.75. The van der Waals surface area contributed by atoms with Crippen LogP contribution in [0.4, 0.5) is 5.82 Å². The zero-order valence-corrected chi connectivity index (χ0v) is 33.1. The SMILES string of the molecule is O=C1CCC(N2C(=O)c3cc4c(cc3C2=O)CN(CC(=O)N2CCC3(CC2)CCN(c2ccc([C@@H]5c6ccc(O)cc6CC[C@@H]5c5ccccc5)cn2)CC3)C4)C(=O)N1. The molecule has 3 atom stereocenters. The number of hydrogen-bond acceptors (Lipinski definition) is 9. The van der Waals surface area contributed by atoms with Crippen LogP contribution in [0.3, 0.4) is 0 Å². The van der Waals surface area contributed by atoms with E-state index < -0.39 is 29.7 Å². The van der Waals surface area contributed by atoms with Crippen LogP contribution < -0.4 is 10.2 Å². The normalized spacial score (nSPS) is 23.9. The molecule has 2 N–H and O–H groups in total. The molecule has 3 fully saturated rings. The first-order chi connectivity index (χ1) is 28.6. The summed E-state index contributed by atoms with van der Waals surface area (Å²) in [4.78, 5) is 76.9. The van der Waals surface area contributed by atoms with Crippen molar-refractivity contribution in [3.8, 4) is 5.75 Å². The van der Waals surface area contributed by atoms with Gasteiger partial charge in [-0.05, 0) is 120 Å². The number of aromatic hydroxyl groups is 1. The Kier molecular flexibility index (Phi) is 9.34. The molecular weight excluding hydrogens is 745 g/mol. The molecule has 3 aromatic carbocycles. The molecule has 12 heteroatoms. The Balaban J connectivity index is 0.732. The van der Waals surface area contributed by atoms with Gasteiger partial charge in [0.15, 0.2) is 0 Å². The predicted octanol–water partition coefficient (Wildman–Crippen LogP) is 5.28. The largest absolute Gasteiger partial charge is 0.508 e. The molecule has 0 saturated carbocycles. The number of amides is 5. The number of piperidine rings is 3. The number of nitrogens with zero attached hydrogens (tertiary/aromatic N) is 5. The summed E-state index contributed by atoms with van der Waals surface area (Å²) in [5.41, 5.74) is 7.61. The summed E-state index contributed by atoms with van der Waals surface area (Å²) < 4.78 is 0. The summed E-state index contributed by atoms with van der Waals surface area (Å²) in [6.45, 7) is 4.63. The number of aryl methyl sites for hydroxylation is 1. The second-order valence-corrected chi connectivity index (χ2v) is 17.5. The third kappa shape index (κ3) is 6.76. The van der Waals surface area contributed by atoms with E-state index in [9.17, 15) is 29.1 Å². The van der Waals surface area contributed by atoms with E-state index in [4.69, 9.17) is 4.98 Å². The van der Waals surface area contributed by atoms with E-state index in [-0.39, 0.29) is 47.8 Å². The highest BCUT2D eigenvalue weighted by Gasteiger charge is 2.46. The topological polar surface area (TPSA) is 143 Å². The summed E-state index contributed by atoms with van der Waals surface area (Å²) in [6, 6.07) is 23.5. The first kappa shape index (κ1) is 37.4. The van der Waals surface area contributed by atoms with E-state index in [1.165, 1.54) is 22.3 Å². The molecule has 5 amide bonds. The zero-order chi connectivity index (χ0) is 40.4. The number of aromatic nitrogens is 1. The number of anilines is 1. The minimum Gasteiger partial charge on any atom is -0.508 e. The minimum atomic E-state index is -0.993. The zero-order valence-electron chi connectivity index (χ0n) is 33.1. The lowest BCUT2D eigenvalue weighted by molar-refractivity contribution is -0.137. The van der Waals surface area contributed by atoms with Crippen molar-refractivity contribution in [3.63, 3.8) is 0 Å². The van der Waals surface area contributed by atoms with Crippen molar-refractivity contribution in [2.45, 2.75) is 82.3 Å². The van der Waals surface area contributed by atoms with Crippen LogP contribution in [0.25, 0.3) is 0 Å². The van der Waals surface area contributed by atoms with Crippen LogP contribution in [-0.4, -0.2) is 93.1 Å². The lowest BCUT2D eigenvalue weighted by atomic mass is 9.69. The second-order valence-electron chi connectivity index (χ2n) is 17.5. The van der Waals surface area contributed by atoms with Gasteiger partial charge < -0.3 is 14.9 Å². The number of likely N-dealkylation sites (tertiary alicyclic amines) is 1. The number of fused-ring (bicyclic) bond motifs is 3. The summed E-state index contributed by atoms with van der Waals surface area (Å²) in [7, 11) is 0. The van der Waals surface area contributed by atoms with Crippen molar-refractivity contribution in [3.05, 3.63) is 124 Å². The number of phenols is 1. The van der Waals surface area contributed by atoms with Crippen molar-refractivity contribution in [1.82, 2.24) is 25.0 Å². The molecule has 0 radical (unpaired) electrons. The molecule has 1 spiro atoms. The average molecular weight is 793 g/mol. The van der Waals surface area contributed by atoms with Crippen molar-refractivity contribution in [1.29, 1.82) is 0 Å². The highest BCUT2D eigenvalue weighted by molar-refractivity contribution is 6.23. The highest BCUT2D eigenvalue weighted by atomic mass is 16.3. The quantitative estimate of drug-likeness (QED) is 0.250. The third-order valence-electron chi connectivity index (χ3n) is 14.2. The van der Waals surface area contributed by atoms with Crippen molar-refractivity contribution in [2.24, 2.45) is 5.41 Å². The van der Waals surface area contributed by atoms with Crippen LogP contribution in [0.15, 0.2) is 79.0 Å².